The number of carbonyl (C=O) groups excluding carboxylic acids is 1. The maximum absolute atomic E-state index is 9.66. The molecule has 7 nitrogen and oxygen atoms in total. The first-order chi connectivity index (χ1) is 5.29. The molecule has 0 saturated carbocycles. The summed E-state index contributed by atoms with van der Waals surface area (Å²) in [6.45, 7) is 2.75. The lowest BCUT2D eigenvalue weighted by Crippen LogP contribution is -2.18. The van der Waals surface area contributed by atoms with Gasteiger partial charge in [0.2, 0.25) is 0 Å². The summed E-state index contributed by atoms with van der Waals surface area (Å²) in [5.41, 5.74) is 7.69. The van der Waals surface area contributed by atoms with Crippen molar-refractivity contribution in [1.29, 1.82) is 0 Å². The molecule has 0 fully saturated rings. The minimum Gasteiger partial charge on any atom is -0.477 e. The minimum absolute atomic E-state index is 0.815. The highest BCUT2D eigenvalue weighted by Gasteiger charge is 2.10. The third-order valence-electron chi connectivity index (χ3n) is 0.516. The molecule has 0 aromatic rings. The van der Waals surface area contributed by atoms with E-state index in [9.17, 15) is 9.59 Å². The summed E-state index contributed by atoms with van der Waals surface area (Å²) in [6.07, 6.45) is 0. The van der Waals surface area contributed by atoms with Crippen LogP contribution in [0.3, 0.4) is 0 Å². The zero-order valence-corrected chi connectivity index (χ0v) is 5.98. The van der Waals surface area contributed by atoms with Gasteiger partial charge >= 0.3 is 18.0 Å². The van der Waals surface area contributed by atoms with Gasteiger partial charge in [-0.2, -0.15) is 0 Å². The Kier molecular flexibility index (Phi) is 6.00. The molecule has 68 valence electrons. The maximum atomic E-state index is 9.66. The second kappa shape index (κ2) is 5.71. The SMILES string of the molecule is C=C(C(=O)O)C(=O)O.NC(N)=O. The third-order valence-corrected chi connectivity index (χ3v) is 0.516. The van der Waals surface area contributed by atoms with E-state index in [0.29, 0.717) is 0 Å². The summed E-state index contributed by atoms with van der Waals surface area (Å²) in [5.74, 6) is -3.00. The van der Waals surface area contributed by atoms with Crippen LogP contribution in [0.1, 0.15) is 0 Å². The van der Waals surface area contributed by atoms with Crippen molar-refractivity contribution in [3.8, 4) is 0 Å². The molecule has 0 radical (unpaired) electrons. The average Bonchev–Trinajstić information content (AvgIpc) is 1.84. The first kappa shape index (κ1) is 12.6. The number of urea groups is 1. The quantitative estimate of drug-likeness (QED) is 0.235. The number of carboxylic acids is 2. The molecule has 2 amide bonds. The summed E-state index contributed by atoms with van der Waals surface area (Å²) >= 11 is 0. The van der Waals surface area contributed by atoms with E-state index in [4.69, 9.17) is 15.0 Å². The van der Waals surface area contributed by atoms with Crippen LogP contribution < -0.4 is 11.5 Å². The summed E-state index contributed by atoms with van der Waals surface area (Å²) < 4.78 is 0. The molecule has 7 heteroatoms. The Hall–Kier alpha value is -2.05. The van der Waals surface area contributed by atoms with Gasteiger partial charge in [0.25, 0.3) is 0 Å². The molecule has 0 rings (SSSR count). The van der Waals surface area contributed by atoms with Crippen molar-refractivity contribution in [2.24, 2.45) is 11.5 Å². The Balaban J connectivity index is 0. The van der Waals surface area contributed by atoms with E-state index in [1.165, 1.54) is 0 Å². The van der Waals surface area contributed by atoms with Gasteiger partial charge in [-0.25, -0.2) is 14.4 Å². The van der Waals surface area contributed by atoms with Crippen LogP contribution in [0.25, 0.3) is 0 Å². The second-order valence-corrected chi connectivity index (χ2v) is 1.49. The first-order valence-corrected chi connectivity index (χ1v) is 2.49. The van der Waals surface area contributed by atoms with Gasteiger partial charge in [0, 0.05) is 0 Å². The molecular weight excluding hydrogens is 168 g/mol. The molecule has 0 heterocycles. The van der Waals surface area contributed by atoms with Crippen molar-refractivity contribution in [2.45, 2.75) is 0 Å². The van der Waals surface area contributed by atoms with Crippen LogP contribution in [-0.4, -0.2) is 28.2 Å². The Morgan fingerprint density at radius 3 is 1.17 bits per heavy atom. The monoisotopic (exact) mass is 176 g/mol. The summed E-state index contributed by atoms with van der Waals surface area (Å²) in [7, 11) is 0. The van der Waals surface area contributed by atoms with E-state index >= 15 is 0 Å². The number of nitrogens with two attached hydrogens (primary N) is 2. The molecule has 0 aliphatic carbocycles. The number of amides is 2. The van der Waals surface area contributed by atoms with Gasteiger partial charge < -0.3 is 21.7 Å². The Bertz CT molecular complexity index is 202. The van der Waals surface area contributed by atoms with Gasteiger partial charge in [0.1, 0.15) is 5.57 Å². The molecule has 6 N–H and O–H groups in total. The number of primary amides is 2. The summed E-state index contributed by atoms with van der Waals surface area (Å²) in [4.78, 5) is 28.3. The predicted octanol–water partition coefficient (Wildman–Crippen LogP) is -1.26. The maximum Gasteiger partial charge on any atom is 0.342 e. The van der Waals surface area contributed by atoms with Gasteiger partial charge in [0.15, 0.2) is 0 Å². The highest BCUT2D eigenvalue weighted by atomic mass is 16.4. The van der Waals surface area contributed by atoms with Crippen LogP contribution in [-0.2, 0) is 9.59 Å². The molecule has 0 aromatic carbocycles. The van der Waals surface area contributed by atoms with Crippen molar-refractivity contribution in [2.75, 3.05) is 0 Å². The smallest absolute Gasteiger partial charge is 0.342 e. The molecule has 0 aliphatic rings. The van der Waals surface area contributed by atoms with Gasteiger partial charge in [-0.1, -0.05) is 6.58 Å². The molecule has 0 saturated heterocycles. The zero-order valence-electron chi connectivity index (χ0n) is 5.98. The summed E-state index contributed by atoms with van der Waals surface area (Å²) in [6, 6.07) is -0.833. The van der Waals surface area contributed by atoms with E-state index in [0.717, 1.165) is 0 Å². The third kappa shape index (κ3) is 10.8. The fraction of sp³-hybridized carbons (Fsp3) is 0. The van der Waals surface area contributed by atoms with Crippen molar-refractivity contribution in [3.63, 3.8) is 0 Å². The number of aliphatic carboxylic acids is 2. The van der Waals surface area contributed by atoms with Crippen molar-refractivity contribution in [1.82, 2.24) is 0 Å². The predicted molar refractivity (Wildman–Crippen MR) is 38.2 cm³/mol. The topological polar surface area (TPSA) is 144 Å². The lowest BCUT2D eigenvalue weighted by Gasteiger charge is -1.86. The van der Waals surface area contributed by atoms with E-state index in [-0.39, 0.29) is 0 Å². The number of hydrogen-bond acceptors (Lipinski definition) is 3. The highest BCUT2D eigenvalue weighted by molar-refractivity contribution is 6.11. The molecule has 0 aromatic heterocycles. The second-order valence-electron chi connectivity index (χ2n) is 1.49. The van der Waals surface area contributed by atoms with E-state index in [2.05, 4.69) is 18.0 Å². The van der Waals surface area contributed by atoms with E-state index in [1.54, 1.807) is 0 Å². The molecule has 0 bridgehead atoms. The van der Waals surface area contributed by atoms with Crippen molar-refractivity contribution >= 4 is 18.0 Å². The number of rotatable bonds is 2. The fourth-order valence-corrected chi connectivity index (χ4v) is 0.0915. The lowest BCUT2D eigenvalue weighted by molar-refractivity contribution is -0.140. The Morgan fingerprint density at radius 2 is 1.17 bits per heavy atom. The van der Waals surface area contributed by atoms with Crippen molar-refractivity contribution in [3.05, 3.63) is 12.2 Å². The molecule has 0 spiro atoms. The molecular formula is C5H8N2O5. The van der Waals surface area contributed by atoms with Gasteiger partial charge in [0.05, 0.1) is 0 Å². The highest BCUT2D eigenvalue weighted by Crippen LogP contribution is 1.86. The standard InChI is InChI=1S/C4H4O4.CH4N2O/c1-2(3(5)6)4(7)8;2-1(3)4/h1H2,(H,5,6)(H,7,8);(H4,2,3,4). The molecule has 12 heavy (non-hydrogen) atoms. The normalized spacial score (nSPS) is 7.33. The Morgan fingerprint density at radius 1 is 1.00 bits per heavy atom. The lowest BCUT2D eigenvalue weighted by atomic mass is 10.3. The average molecular weight is 176 g/mol. The zero-order chi connectivity index (χ0) is 10.3. The van der Waals surface area contributed by atoms with Crippen LogP contribution >= 0.6 is 0 Å². The van der Waals surface area contributed by atoms with Crippen LogP contribution in [0.2, 0.25) is 0 Å². The van der Waals surface area contributed by atoms with E-state index < -0.39 is 23.5 Å². The van der Waals surface area contributed by atoms with Crippen LogP contribution in [0.4, 0.5) is 4.79 Å². The Labute approximate surface area is 67.3 Å². The van der Waals surface area contributed by atoms with Gasteiger partial charge in [-0.3, -0.25) is 0 Å². The number of carboxylic acid groups (broad SMARTS) is 2. The number of carbonyl (C=O) groups is 3. The van der Waals surface area contributed by atoms with Crippen LogP contribution in [0.15, 0.2) is 12.2 Å². The largest absolute Gasteiger partial charge is 0.477 e. The summed E-state index contributed by atoms with van der Waals surface area (Å²) in [5, 5.41) is 15.7. The van der Waals surface area contributed by atoms with Crippen LogP contribution in [0, 0.1) is 0 Å². The molecule has 0 atom stereocenters. The van der Waals surface area contributed by atoms with Crippen molar-refractivity contribution < 1.29 is 24.6 Å². The molecule has 0 aliphatic heterocycles. The first-order valence-electron chi connectivity index (χ1n) is 2.49. The molecule has 0 unspecified atom stereocenters. The van der Waals surface area contributed by atoms with Gasteiger partial charge in [-0.15, -0.1) is 0 Å². The van der Waals surface area contributed by atoms with Crippen LogP contribution in [0.5, 0.6) is 0 Å². The fourth-order valence-electron chi connectivity index (χ4n) is 0.0915. The van der Waals surface area contributed by atoms with E-state index in [1.807, 2.05) is 0 Å². The van der Waals surface area contributed by atoms with Gasteiger partial charge in [-0.05, 0) is 0 Å². The number of hydrogen-bond donors (Lipinski definition) is 4. The minimum atomic E-state index is -1.50.